The quantitative estimate of drug-likeness (QED) is 0.760. The molecule has 0 aliphatic rings. The van der Waals surface area contributed by atoms with Gasteiger partial charge < -0.3 is 9.73 Å². The van der Waals surface area contributed by atoms with Gasteiger partial charge >= 0.3 is 0 Å². The number of nitrogens with zero attached hydrogens (tertiary/aromatic N) is 2. The van der Waals surface area contributed by atoms with E-state index in [1.54, 1.807) is 0 Å². The molecule has 0 atom stereocenters. The summed E-state index contributed by atoms with van der Waals surface area (Å²) in [6.45, 7) is 2.69. The second kappa shape index (κ2) is 6.62. The molecule has 0 bridgehead atoms. The van der Waals surface area contributed by atoms with Gasteiger partial charge in [0.05, 0.1) is 0 Å². The van der Waals surface area contributed by atoms with Crippen molar-refractivity contribution in [2.24, 2.45) is 0 Å². The van der Waals surface area contributed by atoms with Crippen LogP contribution < -0.4 is 5.32 Å². The van der Waals surface area contributed by atoms with Crippen LogP contribution in [0.5, 0.6) is 0 Å². The maximum atomic E-state index is 6.10. The van der Waals surface area contributed by atoms with E-state index in [1.807, 2.05) is 55.5 Å². The van der Waals surface area contributed by atoms with Gasteiger partial charge in [-0.05, 0) is 36.8 Å². The first-order valence-corrected chi connectivity index (χ1v) is 7.48. The molecule has 2 aromatic carbocycles. The summed E-state index contributed by atoms with van der Waals surface area (Å²) < 4.78 is 5.66. The van der Waals surface area contributed by atoms with Crippen LogP contribution in [-0.4, -0.2) is 16.7 Å². The number of aromatic nitrogens is 2. The maximum absolute atomic E-state index is 6.10. The molecule has 0 unspecified atom stereocenters. The number of aryl methyl sites for hydroxylation is 1. The first kappa shape index (κ1) is 14.6. The molecule has 3 aromatic rings. The fraction of sp³-hybridized carbons (Fsp3) is 0.176. The molecule has 0 radical (unpaired) electrons. The Balaban J connectivity index is 1.58. The van der Waals surface area contributed by atoms with Crippen molar-refractivity contribution in [3.05, 3.63) is 65.0 Å². The third kappa shape index (κ3) is 3.46. The van der Waals surface area contributed by atoms with Crippen LogP contribution in [0.2, 0.25) is 5.02 Å². The van der Waals surface area contributed by atoms with Gasteiger partial charge in [-0.25, -0.2) is 0 Å². The second-order valence-corrected chi connectivity index (χ2v) is 5.41. The summed E-state index contributed by atoms with van der Waals surface area (Å²) in [4.78, 5) is 0. The largest absolute Gasteiger partial charge is 0.421 e. The SMILES string of the molecule is Cc1ccc(NCCc2nnc(-c3ccccc3)o2)cc1Cl. The van der Waals surface area contributed by atoms with E-state index < -0.39 is 0 Å². The topological polar surface area (TPSA) is 51.0 Å². The Morgan fingerprint density at radius 3 is 2.68 bits per heavy atom. The molecule has 4 nitrogen and oxygen atoms in total. The number of halogens is 1. The smallest absolute Gasteiger partial charge is 0.247 e. The van der Waals surface area contributed by atoms with E-state index in [0.717, 1.165) is 21.8 Å². The second-order valence-electron chi connectivity index (χ2n) is 5.01. The van der Waals surface area contributed by atoms with Crippen molar-refractivity contribution in [1.29, 1.82) is 0 Å². The Kier molecular flexibility index (Phi) is 4.39. The normalized spacial score (nSPS) is 10.6. The average Bonchev–Trinajstić information content (AvgIpc) is 3.01. The lowest BCUT2D eigenvalue weighted by Gasteiger charge is -2.06. The first-order chi connectivity index (χ1) is 10.7. The number of hydrogen-bond donors (Lipinski definition) is 1. The summed E-state index contributed by atoms with van der Waals surface area (Å²) >= 11 is 6.10. The van der Waals surface area contributed by atoms with Gasteiger partial charge in [0, 0.05) is 29.2 Å². The third-order valence-electron chi connectivity index (χ3n) is 3.33. The highest BCUT2D eigenvalue weighted by Gasteiger charge is 2.07. The molecular weight excluding hydrogens is 298 g/mol. The minimum Gasteiger partial charge on any atom is -0.421 e. The zero-order chi connectivity index (χ0) is 15.4. The van der Waals surface area contributed by atoms with Gasteiger partial charge in [-0.2, -0.15) is 0 Å². The summed E-state index contributed by atoms with van der Waals surface area (Å²) in [7, 11) is 0. The van der Waals surface area contributed by atoms with Gasteiger partial charge in [-0.15, -0.1) is 10.2 Å². The van der Waals surface area contributed by atoms with Crippen LogP contribution >= 0.6 is 11.6 Å². The number of nitrogens with one attached hydrogen (secondary N) is 1. The highest BCUT2D eigenvalue weighted by molar-refractivity contribution is 6.31. The Morgan fingerprint density at radius 2 is 1.91 bits per heavy atom. The van der Waals surface area contributed by atoms with E-state index in [4.69, 9.17) is 16.0 Å². The molecule has 0 fully saturated rings. The molecule has 22 heavy (non-hydrogen) atoms. The van der Waals surface area contributed by atoms with Crippen molar-refractivity contribution in [3.8, 4) is 11.5 Å². The molecule has 1 N–H and O–H groups in total. The van der Waals surface area contributed by atoms with Crippen LogP contribution in [0.3, 0.4) is 0 Å². The lowest BCUT2D eigenvalue weighted by Crippen LogP contribution is -2.05. The van der Waals surface area contributed by atoms with Crippen LogP contribution in [0.15, 0.2) is 52.9 Å². The number of anilines is 1. The molecule has 0 saturated carbocycles. The number of benzene rings is 2. The minimum absolute atomic E-state index is 0.550. The molecule has 0 spiro atoms. The lowest BCUT2D eigenvalue weighted by molar-refractivity contribution is 0.509. The molecule has 0 aliphatic carbocycles. The summed E-state index contributed by atoms with van der Waals surface area (Å²) in [5.74, 6) is 1.17. The van der Waals surface area contributed by atoms with Gasteiger partial charge in [0.15, 0.2) is 0 Å². The molecule has 1 heterocycles. The predicted molar refractivity (Wildman–Crippen MR) is 88.1 cm³/mol. The molecule has 3 rings (SSSR count). The highest BCUT2D eigenvalue weighted by Crippen LogP contribution is 2.20. The molecular formula is C17H16ClN3O. The summed E-state index contributed by atoms with van der Waals surface area (Å²) in [5.41, 5.74) is 2.98. The monoisotopic (exact) mass is 313 g/mol. The Hall–Kier alpha value is -2.33. The van der Waals surface area contributed by atoms with E-state index in [9.17, 15) is 0 Å². The third-order valence-corrected chi connectivity index (χ3v) is 3.73. The van der Waals surface area contributed by atoms with Gasteiger partial charge in [0.25, 0.3) is 0 Å². The van der Waals surface area contributed by atoms with Gasteiger partial charge in [0.1, 0.15) is 0 Å². The lowest BCUT2D eigenvalue weighted by atomic mass is 10.2. The van der Waals surface area contributed by atoms with Crippen LogP contribution in [0, 0.1) is 6.92 Å². The van der Waals surface area contributed by atoms with E-state index in [1.165, 1.54) is 0 Å². The fourth-order valence-corrected chi connectivity index (χ4v) is 2.25. The van der Waals surface area contributed by atoms with Crippen molar-refractivity contribution in [1.82, 2.24) is 10.2 Å². The van der Waals surface area contributed by atoms with Gasteiger partial charge in [0.2, 0.25) is 11.8 Å². The van der Waals surface area contributed by atoms with Crippen LogP contribution in [-0.2, 0) is 6.42 Å². The summed E-state index contributed by atoms with van der Waals surface area (Å²) in [6, 6.07) is 15.7. The molecule has 1 aromatic heterocycles. The van der Waals surface area contributed by atoms with Crippen molar-refractivity contribution in [2.45, 2.75) is 13.3 Å². The van der Waals surface area contributed by atoms with E-state index in [2.05, 4.69) is 15.5 Å². The van der Waals surface area contributed by atoms with Gasteiger partial charge in [-0.1, -0.05) is 35.9 Å². The van der Waals surface area contributed by atoms with Crippen LogP contribution in [0.25, 0.3) is 11.5 Å². The van der Waals surface area contributed by atoms with E-state index in [0.29, 0.717) is 24.7 Å². The standard InChI is InChI=1S/C17H16ClN3O/c1-12-7-8-14(11-15(12)18)19-10-9-16-20-21-17(22-16)13-5-3-2-4-6-13/h2-8,11,19H,9-10H2,1H3. The Morgan fingerprint density at radius 1 is 1.09 bits per heavy atom. The molecule has 5 heteroatoms. The first-order valence-electron chi connectivity index (χ1n) is 7.10. The van der Waals surface area contributed by atoms with Gasteiger partial charge in [-0.3, -0.25) is 0 Å². The predicted octanol–water partition coefficient (Wildman–Crippen LogP) is 4.35. The van der Waals surface area contributed by atoms with E-state index in [-0.39, 0.29) is 0 Å². The zero-order valence-electron chi connectivity index (χ0n) is 12.2. The number of hydrogen-bond acceptors (Lipinski definition) is 4. The van der Waals surface area contributed by atoms with Crippen LogP contribution in [0.4, 0.5) is 5.69 Å². The fourth-order valence-electron chi connectivity index (χ4n) is 2.07. The molecule has 0 aliphatic heterocycles. The minimum atomic E-state index is 0.550. The number of rotatable bonds is 5. The molecule has 0 saturated heterocycles. The van der Waals surface area contributed by atoms with Crippen molar-refractivity contribution in [3.63, 3.8) is 0 Å². The Labute approximate surface area is 134 Å². The molecule has 0 amide bonds. The average molecular weight is 314 g/mol. The highest BCUT2D eigenvalue weighted by atomic mass is 35.5. The molecule has 112 valence electrons. The van der Waals surface area contributed by atoms with Crippen LogP contribution in [0.1, 0.15) is 11.5 Å². The van der Waals surface area contributed by atoms with Crippen molar-refractivity contribution < 1.29 is 4.42 Å². The zero-order valence-corrected chi connectivity index (χ0v) is 13.0. The van der Waals surface area contributed by atoms with Crippen molar-refractivity contribution >= 4 is 17.3 Å². The van der Waals surface area contributed by atoms with Crippen molar-refractivity contribution in [2.75, 3.05) is 11.9 Å². The van der Waals surface area contributed by atoms with E-state index >= 15 is 0 Å². The maximum Gasteiger partial charge on any atom is 0.247 e. The summed E-state index contributed by atoms with van der Waals surface area (Å²) in [5, 5.41) is 12.2. The Bertz CT molecular complexity index is 756. The summed E-state index contributed by atoms with van der Waals surface area (Å²) in [6.07, 6.45) is 0.658.